The zero-order valence-electron chi connectivity index (χ0n) is 13.5. The first kappa shape index (κ1) is 17.8. The predicted octanol–water partition coefficient (Wildman–Crippen LogP) is 1.43. The van der Waals surface area contributed by atoms with Crippen LogP contribution >= 0.6 is 11.8 Å². The molecule has 0 aliphatic rings. The lowest BCUT2D eigenvalue weighted by Gasteiger charge is -2.09. The van der Waals surface area contributed by atoms with Gasteiger partial charge in [0.25, 0.3) is 0 Å². The number of nitrogens with zero attached hydrogens (tertiary/aromatic N) is 1. The molecular formula is C16H23N3O3S. The van der Waals surface area contributed by atoms with Gasteiger partial charge in [0.2, 0.25) is 0 Å². The molecule has 7 heteroatoms. The fourth-order valence-electron chi connectivity index (χ4n) is 2.36. The second-order valence-corrected chi connectivity index (χ2v) is 6.17. The van der Waals surface area contributed by atoms with Gasteiger partial charge in [-0.1, -0.05) is 18.2 Å². The van der Waals surface area contributed by atoms with Crippen LogP contribution in [0.4, 0.5) is 0 Å². The molecule has 1 atom stereocenters. The first-order chi connectivity index (χ1) is 11.1. The van der Waals surface area contributed by atoms with E-state index < -0.39 is 12.0 Å². The Balaban J connectivity index is 1.65. The summed E-state index contributed by atoms with van der Waals surface area (Å²) in [5, 5.41) is 1.27. The molecule has 2 aromatic rings. The molecule has 0 saturated carbocycles. The Hall–Kier alpha value is -1.54. The largest absolute Gasteiger partial charge is 0.468 e. The van der Waals surface area contributed by atoms with Crippen molar-refractivity contribution in [3.05, 3.63) is 36.0 Å². The van der Waals surface area contributed by atoms with Gasteiger partial charge in [-0.25, -0.2) is 5.48 Å². The molecule has 3 N–H and O–H groups in total. The molecule has 0 radical (unpaired) electrons. The number of aryl methyl sites for hydroxylation is 1. The quantitative estimate of drug-likeness (QED) is 0.312. The van der Waals surface area contributed by atoms with Crippen LogP contribution in [0.3, 0.4) is 0 Å². The second kappa shape index (κ2) is 8.93. The van der Waals surface area contributed by atoms with Crippen molar-refractivity contribution < 1.29 is 14.4 Å². The summed E-state index contributed by atoms with van der Waals surface area (Å²) in [4.78, 5) is 16.5. The van der Waals surface area contributed by atoms with Gasteiger partial charge in [-0.2, -0.15) is 0 Å². The Morgan fingerprint density at radius 1 is 1.43 bits per heavy atom. The van der Waals surface area contributed by atoms with Crippen LogP contribution in [-0.2, 0) is 27.8 Å². The molecule has 1 unspecified atom stereocenters. The standard InChI is InChI=1S/C16H23N3O3S/c1-19-9-12(13-5-3-4-6-15(13)19)7-8-18-22-11-23-10-14(17)16(20)21-2/h3-6,9,14,18H,7-8,10-11,17H2,1-2H3. The number of hydrogen-bond acceptors (Lipinski definition) is 6. The van der Waals surface area contributed by atoms with Crippen LogP contribution in [0.1, 0.15) is 5.56 Å². The fraction of sp³-hybridized carbons (Fsp3) is 0.438. The number of carbonyl (C=O) groups excluding carboxylic acids is 1. The highest BCUT2D eigenvalue weighted by Crippen LogP contribution is 2.20. The van der Waals surface area contributed by atoms with E-state index in [4.69, 9.17) is 10.6 Å². The Labute approximate surface area is 140 Å². The Morgan fingerprint density at radius 2 is 2.22 bits per heavy atom. The summed E-state index contributed by atoms with van der Waals surface area (Å²) in [6.07, 6.45) is 3.03. The highest BCUT2D eigenvalue weighted by atomic mass is 32.2. The zero-order valence-corrected chi connectivity index (χ0v) is 14.3. The maximum atomic E-state index is 11.1. The van der Waals surface area contributed by atoms with E-state index in [0.717, 1.165) is 13.0 Å². The van der Waals surface area contributed by atoms with Gasteiger partial charge in [0.05, 0.1) is 7.11 Å². The molecule has 0 aliphatic heterocycles. The van der Waals surface area contributed by atoms with E-state index in [1.165, 1.54) is 35.3 Å². The van der Waals surface area contributed by atoms with Gasteiger partial charge in [0.15, 0.2) is 0 Å². The molecule has 126 valence electrons. The molecule has 0 bridgehead atoms. The number of ether oxygens (including phenoxy) is 1. The number of methoxy groups -OCH3 is 1. The van der Waals surface area contributed by atoms with E-state index in [2.05, 4.69) is 46.2 Å². The monoisotopic (exact) mass is 337 g/mol. The minimum atomic E-state index is -0.607. The van der Waals surface area contributed by atoms with Crippen LogP contribution in [0.5, 0.6) is 0 Å². The SMILES string of the molecule is COC(=O)C(N)CSCONCCc1cn(C)c2ccccc12. The first-order valence-corrected chi connectivity index (χ1v) is 8.57. The highest BCUT2D eigenvalue weighted by Gasteiger charge is 2.13. The minimum absolute atomic E-state index is 0.401. The van der Waals surface area contributed by atoms with Crippen molar-refractivity contribution in [2.45, 2.75) is 12.5 Å². The van der Waals surface area contributed by atoms with Crippen LogP contribution in [0.15, 0.2) is 30.5 Å². The number of nitrogens with two attached hydrogens (primary N) is 1. The van der Waals surface area contributed by atoms with E-state index in [1.54, 1.807) is 0 Å². The topological polar surface area (TPSA) is 78.5 Å². The van der Waals surface area contributed by atoms with Crippen molar-refractivity contribution in [1.82, 2.24) is 10.0 Å². The van der Waals surface area contributed by atoms with E-state index in [1.807, 2.05) is 6.07 Å². The number of nitrogens with one attached hydrogen (secondary N) is 1. The lowest BCUT2D eigenvalue weighted by atomic mass is 10.1. The molecule has 23 heavy (non-hydrogen) atoms. The Morgan fingerprint density at radius 3 is 3.00 bits per heavy atom. The number of hydroxylamine groups is 1. The summed E-state index contributed by atoms with van der Waals surface area (Å²) in [7, 11) is 3.38. The molecular weight excluding hydrogens is 314 g/mol. The molecule has 2 rings (SSSR count). The maximum absolute atomic E-state index is 11.1. The van der Waals surface area contributed by atoms with Crippen molar-refractivity contribution in [3.63, 3.8) is 0 Å². The van der Waals surface area contributed by atoms with Gasteiger partial charge in [-0.05, 0) is 18.1 Å². The maximum Gasteiger partial charge on any atom is 0.323 e. The molecule has 1 aromatic carbocycles. The average Bonchev–Trinajstić information content (AvgIpc) is 2.89. The second-order valence-electron chi connectivity index (χ2n) is 5.19. The van der Waals surface area contributed by atoms with Gasteiger partial charge in [0.1, 0.15) is 12.0 Å². The molecule has 0 saturated heterocycles. The number of benzene rings is 1. The van der Waals surface area contributed by atoms with Crippen molar-refractivity contribution in [2.75, 3.05) is 25.3 Å². The average molecular weight is 337 g/mol. The third kappa shape index (κ3) is 4.97. The van der Waals surface area contributed by atoms with E-state index in [9.17, 15) is 4.79 Å². The molecule has 0 spiro atoms. The molecule has 1 heterocycles. The number of fused-ring (bicyclic) bond motifs is 1. The number of hydrogen-bond donors (Lipinski definition) is 2. The van der Waals surface area contributed by atoms with E-state index >= 15 is 0 Å². The molecule has 1 aromatic heterocycles. The fourth-order valence-corrected chi connectivity index (χ4v) is 3.01. The number of para-hydroxylation sites is 1. The van der Waals surface area contributed by atoms with Gasteiger partial charge < -0.3 is 15.0 Å². The van der Waals surface area contributed by atoms with Crippen LogP contribution in [0.25, 0.3) is 10.9 Å². The highest BCUT2D eigenvalue weighted by molar-refractivity contribution is 7.99. The summed E-state index contributed by atoms with van der Waals surface area (Å²) in [5.74, 6) is 0.499. The molecule has 6 nitrogen and oxygen atoms in total. The van der Waals surface area contributed by atoms with E-state index in [0.29, 0.717) is 11.7 Å². The normalized spacial score (nSPS) is 12.5. The van der Waals surface area contributed by atoms with Crippen molar-refractivity contribution in [2.24, 2.45) is 12.8 Å². The summed E-state index contributed by atoms with van der Waals surface area (Å²) >= 11 is 1.44. The van der Waals surface area contributed by atoms with Crippen molar-refractivity contribution in [1.29, 1.82) is 0 Å². The molecule has 0 amide bonds. The smallest absolute Gasteiger partial charge is 0.323 e. The third-order valence-electron chi connectivity index (χ3n) is 3.52. The summed E-state index contributed by atoms with van der Waals surface area (Å²) in [6, 6.07) is 7.74. The van der Waals surface area contributed by atoms with Gasteiger partial charge in [-0.15, -0.1) is 11.8 Å². The Bertz CT molecular complexity index is 645. The number of carbonyl (C=O) groups is 1. The number of aromatic nitrogens is 1. The van der Waals surface area contributed by atoms with Crippen molar-refractivity contribution in [3.8, 4) is 0 Å². The zero-order chi connectivity index (χ0) is 16.7. The van der Waals surface area contributed by atoms with Crippen LogP contribution in [0, 0.1) is 0 Å². The van der Waals surface area contributed by atoms with Crippen LogP contribution < -0.4 is 11.2 Å². The third-order valence-corrected chi connectivity index (χ3v) is 4.40. The lowest BCUT2D eigenvalue weighted by molar-refractivity contribution is -0.141. The Kier molecular flexibility index (Phi) is 6.91. The number of rotatable bonds is 9. The molecule has 0 fully saturated rings. The van der Waals surface area contributed by atoms with E-state index in [-0.39, 0.29) is 0 Å². The lowest BCUT2D eigenvalue weighted by Crippen LogP contribution is -2.34. The summed E-state index contributed by atoms with van der Waals surface area (Å²) in [6.45, 7) is 0.720. The summed E-state index contributed by atoms with van der Waals surface area (Å²) in [5.41, 5.74) is 11.1. The van der Waals surface area contributed by atoms with Gasteiger partial charge >= 0.3 is 5.97 Å². The van der Waals surface area contributed by atoms with Gasteiger partial charge in [-0.3, -0.25) is 9.63 Å². The van der Waals surface area contributed by atoms with Crippen molar-refractivity contribution >= 4 is 28.6 Å². The van der Waals surface area contributed by atoms with Gasteiger partial charge in [0, 0.05) is 36.4 Å². The minimum Gasteiger partial charge on any atom is -0.468 e. The van der Waals surface area contributed by atoms with Crippen LogP contribution in [0.2, 0.25) is 0 Å². The predicted molar refractivity (Wildman–Crippen MR) is 93.0 cm³/mol. The molecule has 0 aliphatic carbocycles. The number of esters is 1. The first-order valence-electron chi connectivity index (χ1n) is 7.42. The summed E-state index contributed by atoms with van der Waals surface area (Å²) < 4.78 is 6.69. The van der Waals surface area contributed by atoms with Crippen LogP contribution in [-0.4, -0.2) is 41.9 Å². The number of thioether (sulfide) groups is 1.